The van der Waals surface area contributed by atoms with Crippen LogP contribution in [-0.2, 0) is 4.79 Å². The second kappa shape index (κ2) is 6.30. The molecule has 1 unspecified atom stereocenters. The maximum absolute atomic E-state index is 12.1. The average Bonchev–Trinajstić information content (AvgIpc) is 2.52. The van der Waals surface area contributed by atoms with E-state index in [9.17, 15) is 4.79 Å². The van der Waals surface area contributed by atoms with Gasteiger partial charge in [-0.25, -0.2) is 0 Å². The van der Waals surface area contributed by atoms with Crippen LogP contribution in [0.15, 0.2) is 30.3 Å². The molecule has 0 aliphatic carbocycles. The van der Waals surface area contributed by atoms with Crippen LogP contribution in [0.3, 0.4) is 0 Å². The topological polar surface area (TPSA) is 47.6 Å². The molecule has 0 aromatic heterocycles. The summed E-state index contributed by atoms with van der Waals surface area (Å²) in [4.78, 5) is 12.1. The van der Waals surface area contributed by atoms with E-state index in [-0.39, 0.29) is 18.2 Å². The summed E-state index contributed by atoms with van der Waals surface area (Å²) in [5.41, 5.74) is 2.40. The molecule has 0 radical (unpaired) electrons. The summed E-state index contributed by atoms with van der Waals surface area (Å²) >= 11 is 12.3. The van der Waals surface area contributed by atoms with Gasteiger partial charge in [-0.1, -0.05) is 29.3 Å². The van der Waals surface area contributed by atoms with Gasteiger partial charge >= 0.3 is 0 Å². The molecule has 0 fully saturated rings. The van der Waals surface area contributed by atoms with Gasteiger partial charge in [0.25, 0.3) is 0 Å². The number of hydrogen-bond donors (Lipinski definition) is 1. The number of amides is 1. The lowest BCUT2D eigenvalue weighted by Gasteiger charge is -2.28. The van der Waals surface area contributed by atoms with Crippen LogP contribution in [-0.4, -0.2) is 20.1 Å². The highest BCUT2D eigenvalue weighted by atomic mass is 35.5. The fraction of sp³-hybridized carbons (Fsp3) is 0.235. The third-order valence-electron chi connectivity index (χ3n) is 3.92. The molecule has 2 aromatic rings. The summed E-state index contributed by atoms with van der Waals surface area (Å²) in [5, 5.41) is 3.96. The molecule has 1 atom stereocenters. The Labute approximate surface area is 144 Å². The molecule has 0 bridgehead atoms. The van der Waals surface area contributed by atoms with Crippen molar-refractivity contribution in [2.45, 2.75) is 12.3 Å². The van der Waals surface area contributed by atoms with Gasteiger partial charge in [-0.05, 0) is 17.7 Å². The summed E-state index contributed by atoms with van der Waals surface area (Å²) in [6.07, 6.45) is 0.289. The minimum Gasteiger partial charge on any atom is -0.497 e. The number of carbonyl (C=O) groups is 1. The normalized spacial score (nSPS) is 16.5. The molecule has 3 rings (SSSR count). The number of fused-ring (bicyclic) bond motifs is 1. The lowest BCUT2D eigenvalue weighted by molar-refractivity contribution is -0.116. The largest absolute Gasteiger partial charge is 0.497 e. The van der Waals surface area contributed by atoms with Gasteiger partial charge in [-0.15, -0.1) is 0 Å². The summed E-state index contributed by atoms with van der Waals surface area (Å²) < 4.78 is 10.8. The Hall–Kier alpha value is -1.91. The van der Waals surface area contributed by atoms with Crippen molar-refractivity contribution in [2.75, 3.05) is 19.5 Å². The summed E-state index contributed by atoms with van der Waals surface area (Å²) in [5.74, 6) is 0.979. The second-order valence-electron chi connectivity index (χ2n) is 5.26. The van der Waals surface area contributed by atoms with Gasteiger partial charge in [0.2, 0.25) is 5.91 Å². The molecule has 1 heterocycles. The fourth-order valence-corrected chi connectivity index (χ4v) is 3.43. The quantitative estimate of drug-likeness (QED) is 0.886. The lowest BCUT2D eigenvalue weighted by Crippen LogP contribution is -2.24. The molecular weight excluding hydrogens is 337 g/mol. The Morgan fingerprint density at radius 1 is 1.13 bits per heavy atom. The maximum Gasteiger partial charge on any atom is 0.225 e. The zero-order chi connectivity index (χ0) is 16.6. The number of nitrogens with one attached hydrogen (secondary N) is 1. The molecule has 0 saturated carbocycles. The van der Waals surface area contributed by atoms with E-state index in [0.29, 0.717) is 27.2 Å². The molecule has 1 amide bonds. The number of ether oxygens (including phenoxy) is 2. The standard InChI is InChI=1S/C17H15Cl2NO3/c1-22-10-6-14-17(15(7-10)23-2)12(8-16(21)20-14)11-4-3-9(18)5-13(11)19/h3-7,12H,8H2,1-2H3,(H,20,21). The second-order valence-corrected chi connectivity index (χ2v) is 6.11. The van der Waals surface area contributed by atoms with E-state index in [4.69, 9.17) is 32.7 Å². The molecule has 0 saturated heterocycles. The zero-order valence-corrected chi connectivity index (χ0v) is 14.2. The van der Waals surface area contributed by atoms with E-state index < -0.39 is 0 Å². The number of anilines is 1. The first-order valence-corrected chi connectivity index (χ1v) is 7.79. The highest BCUT2D eigenvalue weighted by molar-refractivity contribution is 6.35. The first-order valence-electron chi connectivity index (χ1n) is 7.04. The van der Waals surface area contributed by atoms with Crippen molar-refractivity contribution in [3.8, 4) is 11.5 Å². The summed E-state index contributed by atoms with van der Waals surface area (Å²) in [6, 6.07) is 8.88. The van der Waals surface area contributed by atoms with E-state index in [1.807, 2.05) is 6.07 Å². The Morgan fingerprint density at radius 3 is 2.57 bits per heavy atom. The minimum atomic E-state index is -0.204. The number of methoxy groups -OCH3 is 2. The van der Waals surface area contributed by atoms with Crippen molar-refractivity contribution in [1.82, 2.24) is 0 Å². The van der Waals surface area contributed by atoms with E-state index in [2.05, 4.69) is 5.32 Å². The predicted molar refractivity (Wildman–Crippen MR) is 91.1 cm³/mol. The number of carbonyl (C=O) groups excluding carboxylic acids is 1. The molecule has 4 nitrogen and oxygen atoms in total. The highest BCUT2D eigenvalue weighted by Crippen LogP contribution is 2.46. The van der Waals surface area contributed by atoms with Crippen molar-refractivity contribution < 1.29 is 14.3 Å². The van der Waals surface area contributed by atoms with E-state index in [0.717, 1.165) is 11.1 Å². The Balaban J connectivity index is 2.20. The summed E-state index contributed by atoms with van der Waals surface area (Å²) in [7, 11) is 3.16. The van der Waals surface area contributed by atoms with E-state index in [1.165, 1.54) is 0 Å². The Kier molecular flexibility index (Phi) is 4.37. The first kappa shape index (κ1) is 16.0. The number of benzene rings is 2. The molecule has 1 aliphatic heterocycles. The number of rotatable bonds is 3. The highest BCUT2D eigenvalue weighted by Gasteiger charge is 2.31. The molecule has 0 spiro atoms. The van der Waals surface area contributed by atoms with Crippen LogP contribution in [0.2, 0.25) is 10.0 Å². The molecule has 2 aromatic carbocycles. The lowest BCUT2D eigenvalue weighted by atomic mass is 9.84. The molecule has 120 valence electrons. The van der Waals surface area contributed by atoms with E-state index in [1.54, 1.807) is 38.5 Å². The fourth-order valence-electron chi connectivity index (χ4n) is 2.89. The van der Waals surface area contributed by atoms with Crippen LogP contribution < -0.4 is 14.8 Å². The third-order valence-corrected chi connectivity index (χ3v) is 4.48. The van der Waals surface area contributed by atoms with Crippen molar-refractivity contribution >= 4 is 34.8 Å². The van der Waals surface area contributed by atoms with Gasteiger partial charge in [-0.3, -0.25) is 4.79 Å². The molecule has 23 heavy (non-hydrogen) atoms. The Bertz CT molecular complexity index is 777. The van der Waals surface area contributed by atoms with Gasteiger partial charge in [0.05, 0.1) is 19.9 Å². The van der Waals surface area contributed by atoms with Crippen molar-refractivity contribution in [3.05, 3.63) is 51.5 Å². The van der Waals surface area contributed by atoms with Crippen LogP contribution in [0.5, 0.6) is 11.5 Å². The number of hydrogen-bond acceptors (Lipinski definition) is 3. The van der Waals surface area contributed by atoms with Crippen LogP contribution >= 0.6 is 23.2 Å². The summed E-state index contributed by atoms with van der Waals surface area (Å²) in [6.45, 7) is 0. The number of halogens is 2. The SMILES string of the molecule is COc1cc2c(c(OC)c1)C(c1ccc(Cl)cc1Cl)CC(=O)N2. The predicted octanol–water partition coefficient (Wildman–Crippen LogP) is 4.48. The maximum atomic E-state index is 12.1. The third kappa shape index (κ3) is 2.96. The van der Waals surface area contributed by atoms with Crippen molar-refractivity contribution in [2.24, 2.45) is 0 Å². The van der Waals surface area contributed by atoms with Crippen LogP contribution in [0.1, 0.15) is 23.5 Å². The van der Waals surface area contributed by atoms with Gasteiger partial charge < -0.3 is 14.8 Å². The zero-order valence-electron chi connectivity index (χ0n) is 12.7. The smallest absolute Gasteiger partial charge is 0.225 e. The molecule has 1 N–H and O–H groups in total. The Morgan fingerprint density at radius 2 is 1.91 bits per heavy atom. The molecule has 1 aliphatic rings. The van der Waals surface area contributed by atoms with Gasteiger partial charge in [0.15, 0.2) is 0 Å². The molecule has 6 heteroatoms. The van der Waals surface area contributed by atoms with Crippen LogP contribution in [0.25, 0.3) is 0 Å². The van der Waals surface area contributed by atoms with E-state index >= 15 is 0 Å². The van der Waals surface area contributed by atoms with Gasteiger partial charge in [0.1, 0.15) is 11.5 Å². The van der Waals surface area contributed by atoms with Crippen molar-refractivity contribution in [3.63, 3.8) is 0 Å². The van der Waals surface area contributed by atoms with Crippen LogP contribution in [0, 0.1) is 0 Å². The minimum absolute atomic E-state index is 0.0798. The first-order chi connectivity index (χ1) is 11.0. The van der Waals surface area contributed by atoms with Crippen LogP contribution in [0.4, 0.5) is 5.69 Å². The van der Waals surface area contributed by atoms with Gasteiger partial charge in [-0.2, -0.15) is 0 Å². The average molecular weight is 352 g/mol. The van der Waals surface area contributed by atoms with Gasteiger partial charge in [0, 0.05) is 40.1 Å². The molecular formula is C17H15Cl2NO3. The monoisotopic (exact) mass is 351 g/mol. The van der Waals surface area contributed by atoms with Crippen molar-refractivity contribution in [1.29, 1.82) is 0 Å².